The third-order valence-corrected chi connectivity index (χ3v) is 8.50. The van der Waals surface area contributed by atoms with Gasteiger partial charge in [-0.3, -0.25) is 4.79 Å². The standard InChI is InChI=1S/C25H27ClN2O2S/c1-4-25(2,3)15-8-9-17-20(13-15)31-24-21(17)23(29)27-22(28-24)19-11-10-18(30-19)14-6-5-7-16(26)12-14/h5-7,10-12,15,22,28H,4,8-9,13H2,1-3H3,(H,27,29)/t15-,22-/m1/s1. The molecule has 3 heterocycles. The number of amides is 1. The predicted octanol–water partition coefficient (Wildman–Crippen LogP) is 7.06. The van der Waals surface area contributed by atoms with Crippen molar-refractivity contribution in [1.29, 1.82) is 0 Å². The highest BCUT2D eigenvalue weighted by atomic mass is 35.5. The van der Waals surface area contributed by atoms with Crippen molar-refractivity contribution >= 4 is 33.8 Å². The van der Waals surface area contributed by atoms with Gasteiger partial charge in [-0.1, -0.05) is 50.9 Å². The van der Waals surface area contributed by atoms with Crippen LogP contribution in [0.1, 0.15) is 66.3 Å². The zero-order valence-corrected chi connectivity index (χ0v) is 19.6. The van der Waals surface area contributed by atoms with Crippen molar-refractivity contribution in [2.24, 2.45) is 11.3 Å². The van der Waals surface area contributed by atoms with Crippen molar-refractivity contribution in [2.75, 3.05) is 5.32 Å². The van der Waals surface area contributed by atoms with E-state index >= 15 is 0 Å². The van der Waals surface area contributed by atoms with Crippen LogP contribution in [0.5, 0.6) is 0 Å². The zero-order valence-electron chi connectivity index (χ0n) is 18.0. The molecule has 0 saturated heterocycles. The Bertz CT molecular complexity index is 1150. The van der Waals surface area contributed by atoms with Gasteiger partial charge in [0, 0.05) is 15.5 Å². The topological polar surface area (TPSA) is 54.3 Å². The van der Waals surface area contributed by atoms with Gasteiger partial charge in [-0.05, 0) is 60.4 Å². The monoisotopic (exact) mass is 454 g/mol. The molecule has 0 fully saturated rings. The summed E-state index contributed by atoms with van der Waals surface area (Å²) in [4.78, 5) is 14.4. The van der Waals surface area contributed by atoms with Gasteiger partial charge in [-0.25, -0.2) is 0 Å². The average molecular weight is 455 g/mol. The van der Waals surface area contributed by atoms with E-state index in [0.29, 0.717) is 22.1 Å². The van der Waals surface area contributed by atoms with Crippen LogP contribution in [0.25, 0.3) is 11.3 Å². The number of rotatable bonds is 4. The number of benzene rings is 1. The number of halogens is 1. The van der Waals surface area contributed by atoms with Gasteiger partial charge < -0.3 is 15.1 Å². The van der Waals surface area contributed by atoms with Crippen molar-refractivity contribution in [3.05, 3.63) is 63.2 Å². The highest BCUT2D eigenvalue weighted by molar-refractivity contribution is 7.16. The fourth-order valence-electron chi connectivity index (χ4n) is 4.70. The van der Waals surface area contributed by atoms with Crippen LogP contribution < -0.4 is 10.6 Å². The summed E-state index contributed by atoms with van der Waals surface area (Å²) in [7, 11) is 0. The van der Waals surface area contributed by atoms with Crippen LogP contribution in [0.3, 0.4) is 0 Å². The van der Waals surface area contributed by atoms with E-state index in [9.17, 15) is 4.79 Å². The lowest BCUT2D eigenvalue weighted by Crippen LogP contribution is -2.38. The maximum atomic E-state index is 13.1. The van der Waals surface area contributed by atoms with Gasteiger partial charge in [0.15, 0.2) is 6.17 Å². The molecule has 162 valence electrons. The molecular formula is C25H27ClN2O2S. The summed E-state index contributed by atoms with van der Waals surface area (Å²) in [6.07, 6.45) is 3.99. The molecule has 0 bridgehead atoms. The summed E-state index contributed by atoms with van der Waals surface area (Å²) >= 11 is 7.86. The molecule has 31 heavy (non-hydrogen) atoms. The minimum atomic E-state index is -0.379. The number of hydrogen-bond acceptors (Lipinski definition) is 4. The highest BCUT2D eigenvalue weighted by Gasteiger charge is 2.37. The lowest BCUT2D eigenvalue weighted by Gasteiger charge is -2.36. The van der Waals surface area contributed by atoms with Crippen LogP contribution in [0.4, 0.5) is 5.00 Å². The third-order valence-electron chi connectivity index (χ3n) is 7.08. The Morgan fingerprint density at radius 2 is 2.06 bits per heavy atom. The molecule has 6 heteroatoms. The van der Waals surface area contributed by atoms with Gasteiger partial charge >= 0.3 is 0 Å². The molecule has 2 N–H and O–H groups in total. The van der Waals surface area contributed by atoms with E-state index in [1.165, 1.54) is 16.9 Å². The Morgan fingerprint density at radius 3 is 2.84 bits per heavy atom. The second-order valence-electron chi connectivity index (χ2n) is 9.25. The third kappa shape index (κ3) is 3.68. The van der Waals surface area contributed by atoms with Crippen molar-refractivity contribution < 1.29 is 9.21 Å². The minimum Gasteiger partial charge on any atom is -0.457 e. The summed E-state index contributed by atoms with van der Waals surface area (Å²) in [5.74, 6) is 2.07. The summed E-state index contributed by atoms with van der Waals surface area (Å²) in [5, 5.41) is 8.23. The van der Waals surface area contributed by atoms with Crippen LogP contribution in [0, 0.1) is 11.3 Å². The van der Waals surface area contributed by atoms with Gasteiger partial charge in [-0.2, -0.15) is 0 Å². The molecule has 4 nitrogen and oxygen atoms in total. The maximum Gasteiger partial charge on any atom is 0.256 e. The van der Waals surface area contributed by atoms with Gasteiger partial charge in [0.1, 0.15) is 16.5 Å². The Balaban J connectivity index is 1.40. The summed E-state index contributed by atoms with van der Waals surface area (Å²) in [6.45, 7) is 7.01. The minimum absolute atomic E-state index is 0.00911. The quantitative estimate of drug-likeness (QED) is 0.443. The van der Waals surface area contributed by atoms with Crippen molar-refractivity contribution in [1.82, 2.24) is 5.32 Å². The lowest BCUT2D eigenvalue weighted by molar-refractivity contribution is 0.0930. The number of fused-ring (bicyclic) bond motifs is 3. The normalized spacial score (nSPS) is 20.6. The lowest BCUT2D eigenvalue weighted by atomic mass is 9.69. The fourth-order valence-corrected chi connectivity index (χ4v) is 6.24. The van der Waals surface area contributed by atoms with E-state index in [1.54, 1.807) is 11.3 Å². The van der Waals surface area contributed by atoms with Crippen LogP contribution in [0.15, 0.2) is 40.8 Å². The molecule has 0 radical (unpaired) electrons. The Labute approximate surface area is 192 Å². The van der Waals surface area contributed by atoms with Gasteiger partial charge in [0.25, 0.3) is 5.91 Å². The molecule has 1 aromatic carbocycles. The smallest absolute Gasteiger partial charge is 0.256 e. The summed E-state index contributed by atoms with van der Waals surface area (Å²) < 4.78 is 6.07. The van der Waals surface area contributed by atoms with Crippen molar-refractivity contribution in [3.8, 4) is 11.3 Å². The van der Waals surface area contributed by atoms with Gasteiger partial charge in [0.05, 0.1) is 5.56 Å². The first-order valence-corrected chi connectivity index (χ1v) is 12.1. The van der Waals surface area contributed by atoms with Crippen LogP contribution in [0.2, 0.25) is 5.02 Å². The first kappa shape index (κ1) is 20.7. The molecule has 1 aliphatic carbocycles. The number of anilines is 1. The van der Waals surface area contributed by atoms with E-state index in [-0.39, 0.29) is 12.1 Å². The molecule has 2 aromatic heterocycles. The van der Waals surface area contributed by atoms with E-state index in [1.807, 2.05) is 36.4 Å². The Hall–Kier alpha value is -2.24. The fraction of sp³-hybridized carbons (Fsp3) is 0.400. The Kier molecular flexibility index (Phi) is 5.14. The number of nitrogens with one attached hydrogen (secondary N) is 2. The molecule has 0 spiro atoms. The maximum absolute atomic E-state index is 13.1. The molecule has 3 aromatic rings. The van der Waals surface area contributed by atoms with E-state index < -0.39 is 0 Å². The van der Waals surface area contributed by atoms with Crippen LogP contribution in [-0.4, -0.2) is 5.91 Å². The number of furan rings is 1. The first-order valence-electron chi connectivity index (χ1n) is 10.9. The Morgan fingerprint density at radius 1 is 1.23 bits per heavy atom. The molecule has 0 unspecified atom stereocenters. The van der Waals surface area contributed by atoms with Gasteiger partial charge in [0.2, 0.25) is 0 Å². The molecule has 1 amide bonds. The van der Waals surface area contributed by atoms with Crippen molar-refractivity contribution in [3.63, 3.8) is 0 Å². The summed E-state index contributed by atoms with van der Waals surface area (Å²) in [6, 6.07) is 11.4. The predicted molar refractivity (Wildman–Crippen MR) is 127 cm³/mol. The number of carbonyl (C=O) groups is 1. The molecule has 0 saturated carbocycles. The van der Waals surface area contributed by atoms with Gasteiger partial charge in [-0.15, -0.1) is 11.3 Å². The van der Waals surface area contributed by atoms with E-state index in [2.05, 4.69) is 31.4 Å². The number of carbonyl (C=O) groups excluding carboxylic acids is 1. The largest absolute Gasteiger partial charge is 0.457 e. The second-order valence-corrected chi connectivity index (χ2v) is 10.8. The van der Waals surface area contributed by atoms with Crippen LogP contribution >= 0.6 is 22.9 Å². The number of thiophene rings is 1. The SMILES string of the molecule is CCC(C)(C)[C@@H]1CCc2c(sc3c2C(=O)N[C@@H](c2ccc(-c4cccc(Cl)c4)o2)N3)C1. The zero-order chi connectivity index (χ0) is 21.8. The summed E-state index contributed by atoms with van der Waals surface area (Å²) in [5.41, 5.74) is 3.32. The van der Waals surface area contributed by atoms with Crippen LogP contribution in [-0.2, 0) is 12.8 Å². The average Bonchev–Trinajstić information content (AvgIpc) is 3.38. The second kappa shape index (κ2) is 7.72. The molecule has 2 aliphatic rings. The molecule has 1 aliphatic heterocycles. The first-order chi connectivity index (χ1) is 14.9. The molecule has 5 rings (SSSR count). The van der Waals surface area contributed by atoms with E-state index in [0.717, 1.165) is 41.2 Å². The van der Waals surface area contributed by atoms with Crippen molar-refractivity contribution in [2.45, 2.75) is 52.6 Å². The number of hydrogen-bond donors (Lipinski definition) is 2. The molecular weight excluding hydrogens is 428 g/mol. The molecule has 2 atom stereocenters. The van der Waals surface area contributed by atoms with E-state index in [4.69, 9.17) is 16.0 Å². The highest BCUT2D eigenvalue weighted by Crippen LogP contribution is 2.47.